The number of hydrogen-bond acceptors (Lipinski definition) is 3. The van der Waals surface area contributed by atoms with Gasteiger partial charge in [0.2, 0.25) is 5.91 Å². The Balaban J connectivity index is 2.46. The van der Waals surface area contributed by atoms with Crippen molar-refractivity contribution in [2.45, 2.75) is 13.5 Å². The second-order valence-corrected chi connectivity index (χ2v) is 2.42. The zero-order valence-electron chi connectivity index (χ0n) is 6.95. The minimum Gasteiger partial charge on any atom is -0.382 e. The van der Waals surface area contributed by atoms with Crippen LogP contribution in [0.3, 0.4) is 0 Å². The van der Waals surface area contributed by atoms with Gasteiger partial charge in [0, 0.05) is 12.7 Å². The van der Waals surface area contributed by atoms with E-state index in [-0.39, 0.29) is 12.5 Å². The molecule has 1 aromatic rings. The van der Waals surface area contributed by atoms with E-state index in [0.29, 0.717) is 12.4 Å². The Morgan fingerprint density at radius 1 is 1.83 bits per heavy atom. The van der Waals surface area contributed by atoms with Crippen molar-refractivity contribution in [2.75, 3.05) is 12.3 Å². The molecule has 0 saturated heterocycles. The number of amides is 1. The largest absolute Gasteiger partial charge is 0.382 e. The number of anilines is 1. The number of nitrogens with zero attached hydrogens (tertiary/aromatic N) is 2. The van der Waals surface area contributed by atoms with Gasteiger partial charge in [-0.25, -0.2) is 4.98 Å². The number of hydrogen-bond donors (Lipinski definition) is 2. The maximum atomic E-state index is 11.0. The van der Waals surface area contributed by atoms with Crippen LogP contribution in [0.2, 0.25) is 0 Å². The van der Waals surface area contributed by atoms with E-state index in [1.165, 1.54) is 6.33 Å². The molecule has 0 aliphatic heterocycles. The molecule has 0 radical (unpaired) electrons. The van der Waals surface area contributed by atoms with E-state index in [2.05, 4.69) is 10.3 Å². The highest BCUT2D eigenvalue weighted by atomic mass is 16.1. The summed E-state index contributed by atoms with van der Waals surface area (Å²) in [7, 11) is 0. The van der Waals surface area contributed by atoms with Gasteiger partial charge in [0.15, 0.2) is 0 Å². The fraction of sp³-hybridized carbons (Fsp3) is 0.429. The number of nitrogens with two attached hydrogens (primary N) is 1. The van der Waals surface area contributed by atoms with Gasteiger partial charge in [-0.2, -0.15) is 0 Å². The summed E-state index contributed by atoms with van der Waals surface area (Å²) in [6.45, 7) is 2.79. The van der Waals surface area contributed by atoms with Crippen LogP contribution >= 0.6 is 0 Å². The van der Waals surface area contributed by atoms with Crippen LogP contribution in [0, 0.1) is 0 Å². The minimum atomic E-state index is -0.0325. The van der Waals surface area contributed by atoms with Gasteiger partial charge in [-0.05, 0) is 6.92 Å². The summed E-state index contributed by atoms with van der Waals surface area (Å²) < 4.78 is 1.64. The molecule has 0 aromatic carbocycles. The van der Waals surface area contributed by atoms with Crippen molar-refractivity contribution in [3.8, 4) is 0 Å². The van der Waals surface area contributed by atoms with Crippen molar-refractivity contribution < 1.29 is 4.79 Å². The first-order chi connectivity index (χ1) is 5.72. The van der Waals surface area contributed by atoms with Crippen molar-refractivity contribution in [3.05, 3.63) is 12.5 Å². The first-order valence-electron chi connectivity index (χ1n) is 3.76. The number of carbonyl (C=O) groups excluding carboxylic acids is 1. The molecule has 12 heavy (non-hydrogen) atoms. The summed E-state index contributed by atoms with van der Waals surface area (Å²) in [5.41, 5.74) is 5.36. The highest BCUT2D eigenvalue weighted by molar-refractivity contribution is 5.75. The molecule has 0 fully saturated rings. The lowest BCUT2D eigenvalue weighted by molar-refractivity contribution is -0.121. The maximum Gasteiger partial charge on any atom is 0.239 e. The lowest BCUT2D eigenvalue weighted by Crippen LogP contribution is -2.26. The molecular formula is C7H12N4O. The monoisotopic (exact) mass is 168 g/mol. The number of nitrogens with one attached hydrogen (secondary N) is 1. The zero-order chi connectivity index (χ0) is 8.97. The normalized spacial score (nSPS) is 9.75. The summed E-state index contributed by atoms with van der Waals surface area (Å²) in [4.78, 5) is 14.8. The highest BCUT2D eigenvalue weighted by Gasteiger charge is 2.00. The SMILES string of the molecule is CCNC(=O)Cn1cnc(N)c1. The Morgan fingerprint density at radius 3 is 3.08 bits per heavy atom. The van der Waals surface area contributed by atoms with E-state index in [0.717, 1.165) is 0 Å². The quantitative estimate of drug-likeness (QED) is 0.645. The summed E-state index contributed by atoms with van der Waals surface area (Å²) in [5, 5.41) is 2.67. The van der Waals surface area contributed by atoms with Gasteiger partial charge in [-0.1, -0.05) is 0 Å². The van der Waals surface area contributed by atoms with E-state index < -0.39 is 0 Å². The molecule has 0 unspecified atom stereocenters. The van der Waals surface area contributed by atoms with Crippen LogP contribution in [0.1, 0.15) is 6.92 Å². The van der Waals surface area contributed by atoms with Crippen LogP contribution in [0.4, 0.5) is 5.82 Å². The number of carbonyl (C=O) groups is 1. The van der Waals surface area contributed by atoms with Crippen LogP contribution in [-0.2, 0) is 11.3 Å². The Morgan fingerprint density at radius 2 is 2.58 bits per heavy atom. The molecule has 0 atom stereocenters. The van der Waals surface area contributed by atoms with Crippen molar-refractivity contribution >= 4 is 11.7 Å². The van der Waals surface area contributed by atoms with Gasteiger partial charge in [0.25, 0.3) is 0 Å². The molecule has 5 heteroatoms. The van der Waals surface area contributed by atoms with E-state index >= 15 is 0 Å². The van der Waals surface area contributed by atoms with Crippen LogP contribution in [0.15, 0.2) is 12.5 Å². The molecule has 0 aliphatic carbocycles. The summed E-state index contributed by atoms with van der Waals surface area (Å²) >= 11 is 0. The van der Waals surface area contributed by atoms with E-state index in [1.807, 2.05) is 6.92 Å². The predicted octanol–water partition coefficient (Wildman–Crippen LogP) is -0.399. The van der Waals surface area contributed by atoms with E-state index in [4.69, 9.17) is 5.73 Å². The maximum absolute atomic E-state index is 11.0. The number of nitrogen functional groups attached to an aromatic ring is 1. The number of likely N-dealkylation sites (N-methyl/N-ethyl adjacent to an activating group) is 1. The van der Waals surface area contributed by atoms with Gasteiger partial charge in [0.05, 0.1) is 6.33 Å². The molecule has 3 N–H and O–H groups in total. The number of aromatic nitrogens is 2. The van der Waals surface area contributed by atoms with E-state index in [9.17, 15) is 4.79 Å². The molecule has 0 saturated carbocycles. The van der Waals surface area contributed by atoms with Crippen molar-refractivity contribution in [1.29, 1.82) is 0 Å². The summed E-state index contributed by atoms with van der Waals surface area (Å²) in [5.74, 6) is 0.397. The molecular weight excluding hydrogens is 156 g/mol. The third kappa shape index (κ3) is 2.26. The van der Waals surface area contributed by atoms with Gasteiger partial charge < -0.3 is 15.6 Å². The molecule has 1 amide bonds. The van der Waals surface area contributed by atoms with Crippen LogP contribution in [0.25, 0.3) is 0 Å². The molecule has 66 valence electrons. The first-order valence-corrected chi connectivity index (χ1v) is 3.76. The smallest absolute Gasteiger partial charge is 0.239 e. The second kappa shape index (κ2) is 3.75. The Labute approximate surface area is 70.6 Å². The number of rotatable bonds is 3. The average molecular weight is 168 g/mol. The van der Waals surface area contributed by atoms with Crippen molar-refractivity contribution in [2.24, 2.45) is 0 Å². The van der Waals surface area contributed by atoms with Crippen LogP contribution < -0.4 is 11.1 Å². The molecule has 0 aliphatic rings. The zero-order valence-corrected chi connectivity index (χ0v) is 6.95. The molecule has 1 heterocycles. The standard InChI is InChI=1S/C7H12N4O/c1-2-9-7(12)4-11-3-6(8)10-5-11/h3,5H,2,4,8H2,1H3,(H,9,12). The van der Waals surface area contributed by atoms with Crippen molar-refractivity contribution in [1.82, 2.24) is 14.9 Å². The fourth-order valence-electron chi connectivity index (χ4n) is 0.883. The summed E-state index contributed by atoms with van der Waals surface area (Å²) in [6, 6.07) is 0. The van der Waals surface area contributed by atoms with Crippen molar-refractivity contribution in [3.63, 3.8) is 0 Å². The van der Waals surface area contributed by atoms with Gasteiger partial charge in [-0.3, -0.25) is 4.79 Å². The average Bonchev–Trinajstić information content (AvgIpc) is 2.36. The Kier molecular flexibility index (Phi) is 2.68. The first kappa shape index (κ1) is 8.58. The third-order valence-electron chi connectivity index (χ3n) is 1.35. The van der Waals surface area contributed by atoms with Gasteiger partial charge >= 0.3 is 0 Å². The lowest BCUT2D eigenvalue weighted by atomic mass is 10.5. The Bertz CT molecular complexity index is 268. The topological polar surface area (TPSA) is 72.9 Å². The minimum absolute atomic E-state index is 0.0325. The Hall–Kier alpha value is -1.52. The predicted molar refractivity (Wildman–Crippen MR) is 45.3 cm³/mol. The van der Waals surface area contributed by atoms with Gasteiger partial charge in [-0.15, -0.1) is 0 Å². The summed E-state index contributed by atoms with van der Waals surface area (Å²) in [6.07, 6.45) is 3.15. The van der Waals surface area contributed by atoms with Crippen LogP contribution in [0.5, 0.6) is 0 Å². The second-order valence-electron chi connectivity index (χ2n) is 2.42. The lowest BCUT2D eigenvalue weighted by Gasteiger charge is -2.01. The molecule has 1 aromatic heterocycles. The molecule has 1 rings (SSSR count). The molecule has 5 nitrogen and oxygen atoms in total. The molecule has 0 spiro atoms. The third-order valence-corrected chi connectivity index (χ3v) is 1.35. The van der Waals surface area contributed by atoms with Crippen LogP contribution in [-0.4, -0.2) is 22.0 Å². The highest BCUT2D eigenvalue weighted by Crippen LogP contribution is 1.95. The fourth-order valence-corrected chi connectivity index (χ4v) is 0.883. The van der Waals surface area contributed by atoms with E-state index in [1.54, 1.807) is 10.8 Å². The molecule has 0 bridgehead atoms. The number of imidazole rings is 1. The van der Waals surface area contributed by atoms with Gasteiger partial charge in [0.1, 0.15) is 12.4 Å².